The lowest BCUT2D eigenvalue weighted by molar-refractivity contribution is 0.179. The monoisotopic (exact) mass is 240 g/mol. The quantitative estimate of drug-likeness (QED) is 0.897. The Kier molecular flexibility index (Phi) is 3.30. The molecule has 15 heavy (non-hydrogen) atoms. The molecule has 2 aromatic rings. The standard InChI is InChI=1S/C10H9ClN2OS/c11-9-5-12-2-1-8(9)10(14)3-7-4-13-6-15-7/h1-2,4-6,10,14H,3H2. The third-order valence-corrected chi connectivity index (χ3v) is 3.16. The molecule has 1 N–H and O–H groups in total. The van der Waals surface area contributed by atoms with Crippen LogP contribution < -0.4 is 0 Å². The third-order valence-electron chi connectivity index (χ3n) is 2.04. The van der Waals surface area contributed by atoms with Gasteiger partial charge in [-0.2, -0.15) is 0 Å². The van der Waals surface area contributed by atoms with Crippen molar-refractivity contribution in [2.45, 2.75) is 12.5 Å². The van der Waals surface area contributed by atoms with Crippen LogP contribution in [-0.2, 0) is 6.42 Å². The Morgan fingerprint density at radius 1 is 1.40 bits per heavy atom. The number of hydrogen-bond acceptors (Lipinski definition) is 4. The van der Waals surface area contributed by atoms with Crippen LogP contribution in [0.1, 0.15) is 16.5 Å². The Hall–Kier alpha value is -0.970. The maximum Gasteiger partial charge on any atom is 0.0854 e. The molecule has 1 unspecified atom stereocenters. The van der Waals surface area contributed by atoms with Gasteiger partial charge >= 0.3 is 0 Å². The molecular formula is C10H9ClN2OS. The largest absolute Gasteiger partial charge is 0.388 e. The molecule has 0 amide bonds. The normalized spacial score (nSPS) is 12.7. The number of rotatable bonds is 3. The second-order valence-corrected chi connectivity index (χ2v) is 4.46. The van der Waals surface area contributed by atoms with E-state index in [2.05, 4.69) is 9.97 Å². The molecule has 0 aliphatic carbocycles. The molecule has 0 saturated carbocycles. The minimum Gasteiger partial charge on any atom is -0.388 e. The average Bonchev–Trinajstić information content (AvgIpc) is 2.71. The summed E-state index contributed by atoms with van der Waals surface area (Å²) in [5.74, 6) is 0. The van der Waals surface area contributed by atoms with E-state index in [9.17, 15) is 5.11 Å². The number of nitrogens with zero attached hydrogens (tertiary/aromatic N) is 2. The molecule has 5 heteroatoms. The van der Waals surface area contributed by atoms with Gasteiger partial charge in [0.1, 0.15) is 0 Å². The van der Waals surface area contributed by atoms with Gasteiger partial charge in [0, 0.05) is 35.5 Å². The molecule has 2 aromatic heterocycles. The number of halogens is 1. The number of aromatic nitrogens is 2. The Balaban J connectivity index is 2.15. The van der Waals surface area contributed by atoms with Crippen LogP contribution in [0.5, 0.6) is 0 Å². The fourth-order valence-electron chi connectivity index (χ4n) is 1.30. The molecule has 78 valence electrons. The van der Waals surface area contributed by atoms with Crippen molar-refractivity contribution in [2.24, 2.45) is 0 Å². The van der Waals surface area contributed by atoms with Crippen LogP contribution in [0.3, 0.4) is 0 Å². The van der Waals surface area contributed by atoms with Gasteiger partial charge in [0.25, 0.3) is 0 Å². The van der Waals surface area contributed by atoms with Crippen LogP contribution in [0.15, 0.2) is 30.2 Å². The highest BCUT2D eigenvalue weighted by molar-refractivity contribution is 7.09. The summed E-state index contributed by atoms with van der Waals surface area (Å²) >= 11 is 7.45. The summed E-state index contributed by atoms with van der Waals surface area (Å²) in [5.41, 5.74) is 2.45. The van der Waals surface area contributed by atoms with E-state index in [4.69, 9.17) is 11.6 Å². The van der Waals surface area contributed by atoms with Gasteiger partial charge in [0.05, 0.1) is 16.6 Å². The summed E-state index contributed by atoms with van der Waals surface area (Å²) in [6.45, 7) is 0. The number of aliphatic hydroxyl groups is 1. The second-order valence-electron chi connectivity index (χ2n) is 3.08. The molecule has 2 heterocycles. The van der Waals surface area contributed by atoms with Gasteiger partial charge in [-0.1, -0.05) is 11.6 Å². The Morgan fingerprint density at radius 3 is 2.93 bits per heavy atom. The van der Waals surface area contributed by atoms with Crippen LogP contribution in [0.4, 0.5) is 0 Å². The van der Waals surface area contributed by atoms with Crippen molar-refractivity contribution in [3.63, 3.8) is 0 Å². The van der Waals surface area contributed by atoms with Gasteiger partial charge in [-0.3, -0.25) is 9.97 Å². The lowest BCUT2D eigenvalue weighted by Crippen LogP contribution is -2.01. The lowest BCUT2D eigenvalue weighted by Gasteiger charge is -2.10. The van der Waals surface area contributed by atoms with Crippen LogP contribution in [-0.4, -0.2) is 15.1 Å². The van der Waals surface area contributed by atoms with Crippen molar-refractivity contribution >= 4 is 22.9 Å². The van der Waals surface area contributed by atoms with Crippen LogP contribution in [0, 0.1) is 0 Å². The Morgan fingerprint density at radius 2 is 2.27 bits per heavy atom. The first-order valence-electron chi connectivity index (χ1n) is 4.42. The van der Waals surface area contributed by atoms with E-state index < -0.39 is 6.10 Å². The van der Waals surface area contributed by atoms with Crippen molar-refractivity contribution in [2.75, 3.05) is 0 Å². The molecule has 0 aromatic carbocycles. The van der Waals surface area contributed by atoms with Gasteiger partial charge in [-0.25, -0.2) is 0 Å². The molecule has 0 saturated heterocycles. The molecule has 0 fully saturated rings. The minimum atomic E-state index is -0.596. The number of aliphatic hydroxyl groups excluding tert-OH is 1. The van der Waals surface area contributed by atoms with Crippen molar-refractivity contribution < 1.29 is 5.11 Å². The molecule has 1 atom stereocenters. The fraction of sp³-hybridized carbons (Fsp3) is 0.200. The first kappa shape index (κ1) is 10.5. The highest BCUT2D eigenvalue weighted by Crippen LogP contribution is 2.25. The first-order valence-corrected chi connectivity index (χ1v) is 5.68. The predicted octanol–water partition coefficient (Wildman–Crippen LogP) is 2.47. The molecular weight excluding hydrogens is 232 g/mol. The highest BCUT2D eigenvalue weighted by Gasteiger charge is 2.12. The van der Waals surface area contributed by atoms with Gasteiger partial charge in [-0.15, -0.1) is 11.3 Å². The van der Waals surface area contributed by atoms with E-state index in [0.29, 0.717) is 17.0 Å². The van der Waals surface area contributed by atoms with E-state index in [-0.39, 0.29) is 0 Å². The van der Waals surface area contributed by atoms with Crippen molar-refractivity contribution in [3.05, 3.63) is 45.6 Å². The minimum absolute atomic E-state index is 0.495. The summed E-state index contributed by atoms with van der Waals surface area (Å²) in [6, 6.07) is 1.73. The molecule has 0 radical (unpaired) electrons. The van der Waals surface area contributed by atoms with Crippen molar-refractivity contribution in [3.8, 4) is 0 Å². The molecule has 0 aliphatic rings. The van der Waals surface area contributed by atoms with E-state index in [1.165, 1.54) is 17.5 Å². The van der Waals surface area contributed by atoms with Crippen molar-refractivity contribution in [1.82, 2.24) is 9.97 Å². The third kappa shape index (κ3) is 2.53. The number of thiazole rings is 1. The van der Waals surface area contributed by atoms with E-state index >= 15 is 0 Å². The average molecular weight is 241 g/mol. The fourth-order valence-corrected chi connectivity index (χ4v) is 2.18. The van der Waals surface area contributed by atoms with Crippen LogP contribution in [0.25, 0.3) is 0 Å². The van der Waals surface area contributed by atoms with Gasteiger partial charge < -0.3 is 5.11 Å². The van der Waals surface area contributed by atoms with Gasteiger partial charge in [0.15, 0.2) is 0 Å². The molecule has 0 bridgehead atoms. The SMILES string of the molecule is OC(Cc1cncs1)c1ccncc1Cl. The second kappa shape index (κ2) is 4.70. The van der Waals surface area contributed by atoms with Crippen molar-refractivity contribution in [1.29, 1.82) is 0 Å². The number of hydrogen-bond donors (Lipinski definition) is 1. The van der Waals surface area contributed by atoms with E-state index in [1.807, 2.05) is 0 Å². The van der Waals surface area contributed by atoms with Gasteiger partial charge in [-0.05, 0) is 6.07 Å². The topological polar surface area (TPSA) is 46.0 Å². The maximum absolute atomic E-state index is 9.94. The zero-order valence-corrected chi connectivity index (χ0v) is 9.37. The molecule has 2 rings (SSSR count). The smallest absolute Gasteiger partial charge is 0.0854 e. The molecule has 0 spiro atoms. The van der Waals surface area contributed by atoms with Crippen LogP contribution >= 0.6 is 22.9 Å². The zero-order chi connectivity index (χ0) is 10.7. The predicted molar refractivity (Wildman–Crippen MR) is 60.0 cm³/mol. The van der Waals surface area contributed by atoms with Gasteiger partial charge in [0.2, 0.25) is 0 Å². The highest BCUT2D eigenvalue weighted by atomic mass is 35.5. The summed E-state index contributed by atoms with van der Waals surface area (Å²) in [6.07, 6.45) is 4.85. The maximum atomic E-state index is 9.94. The summed E-state index contributed by atoms with van der Waals surface area (Å²) in [4.78, 5) is 8.86. The van der Waals surface area contributed by atoms with Crippen LogP contribution in [0.2, 0.25) is 5.02 Å². The van der Waals surface area contributed by atoms with E-state index in [0.717, 1.165) is 4.88 Å². The van der Waals surface area contributed by atoms with E-state index in [1.54, 1.807) is 24.0 Å². The Bertz CT molecular complexity index is 433. The first-order chi connectivity index (χ1) is 7.27. The summed E-state index contributed by atoms with van der Waals surface area (Å²) in [7, 11) is 0. The summed E-state index contributed by atoms with van der Waals surface area (Å²) in [5, 5.41) is 10.4. The zero-order valence-electron chi connectivity index (χ0n) is 7.80. The Labute approximate surface area is 96.4 Å². The molecule has 3 nitrogen and oxygen atoms in total. The molecule has 0 aliphatic heterocycles. The lowest BCUT2D eigenvalue weighted by atomic mass is 10.1. The number of pyridine rings is 1. The summed E-state index contributed by atoms with van der Waals surface area (Å²) < 4.78 is 0.